The van der Waals surface area contributed by atoms with Crippen LogP contribution in [0.4, 0.5) is 0 Å². The number of hydrogen-bond donors (Lipinski definition) is 0. The number of nitrogens with zero attached hydrogens (tertiary/aromatic N) is 1. The van der Waals surface area contributed by atoms with Crippen LogP contribution in [0.2, 0.25) is 0 Å². The molecule has 3 rings (SSSR count). The lowest BCUT2D eigenvalue weighted by molar-refractivity contribution is -0.138. The predicted molar refractivity (Wildman–Crippen MR) is 126 cm³/mol. The SMILES string of the molecule is CCCOc1ccc(C(=O)c2ccccc2C(=O)OCC(=O)N2CCOCC2)cc1OCCC. The highest BCUT2D eigenvalue weighted by Crippen LogP contribution is 2.30. The smallest absolute Gasteiger partial charge is 0.339 e. The molecule has 0 unspecified atom stereocenters. The fraction of sp³-hybridized carbons (Fsp3) is 0.423. The molecule has 2 aromatic rings. The zero-order valence-corrected chi connectivity index (χ0v) is 19.7. The third-order valence-corrected chi connectivity index (χ3v) is 5.21. The number of amides is 1. The van der Waals surface area contributed by atoms with Crippen LogP contribution in [0.15, 0.2) is 42.5 Å². The van der Waals surface area contributed by atoms with Gasteiger partial charge in [0, 0.05) is 24.2 Å². The summed E-state index contributed by atoms with van der Waals surface area (Å²) in [4.78, 5) is 40.0. The highest BCUT2D eigenvalue weighted by molar-refractivity contribution is 6.14. The van der Waals surface area contributed by atoms with E-state index in [1.54, 1.807) is 41.3 Å². The van der Waals surface area contributed by atoms with Gasteiger partial charge in [0.25, 0.3) is 5.91 Å². The molecule has 1 heterocycles. The lowest BCUT2D eigenvalue weighted by Gasteiger charge is -2.26. The van der Waals surface area contributed by atoms with E-state index in [4.69, 9.17) is 18.9 Å². The number of hydrogen-bond acceptors (Lipinski definition) is 7. The number of rotatable bonds is 11. The van der Waals surface area contributed by atoms with Crippen molar-refractivity contribution in [3.8, 4) is 11.5 Å². The summed E-state index contributed by atoms with van der Waals surface area (Å²) in [6.45, 7) is 6.49. The first kappa shape index (κ1) is 25.2. The van der Waals surface area contributed by atoms with E-state index in [2.05, 4.69) is 0 Å². The van der Waals surface area contributed by atoms with Crippen LogP contribution < -0.4 is 9.47 Å². The maximum absolute atomic E-state index is 13.3. The number of benzene rings is 2. The summed E-state index contributed by atoms with van der Waals surface area (Å²) in [6.07, 6.45) is 1.65. The molecule has 1 aliphatic rings. The highest BCUT2D eigenvalue weighted by atomic mass is 16.5. The van der Waals surface area contributed by atoms with Crippen LogP contribution in [0, 0.1) is 0 Å². The van der Waals surface area contributed by atoms with Crippen LogP contribution in [0.25, 0.3) is 0 Å². The summed E-state index contributed by atoms with van der Waals surface area (Å²) >= 11 is 0. The minimum atomic E-state index is -0.726. The van der Waals surface area contributed by atoms with Gasteiger partial charge in [0.1, 0.15) is 0 Å². The minimum absolute atomic E-state index is 0.101. The van der Waals surface area contributed by atoms with Crippen molar-refractivity contribution < 1.29 is 33.3 Å². The van der Waals surface area contributed by atoms with Crippen LogP contribution in [0.3, 0.4) is 0 Å². The van der Waals surface area contributed by atoms with E-state index in [-0.39, 0.29) is 29.4 Å². The van der Waals surface area contributed by atoms with Gasteiger partial charge in [0.15, 0.2) is 23.9 Å². The predicted octanol–water partition coefficient (Wildman–Crippen LogP) is 3.51. The Labute approximate surface area is 199 Å². The topological polar surface area (TPSA) is 91.4 Å². The van der Waals surface area contributed by atoms with E-state index in [1.807, 2.05) is 13.8 Å². The van der Waals surface area contributed by atoms with E-state index in [9.17, 15) is 14.4 Å². The van der Waals surface area contributed by atoms with Gasteiger partial charge >= 0.3 is 5.97 Å². The van der Waals surface area contributed by atoms with E-state index in [0.29, 0.717) is 56.6 Å². The van der Waals surface area contributed by atoms with E-state index >= 15 is 0 Å². The van der Waals surface area contributed by atoms with Gasteiger partial charge in [-0.2, -0.15) is 0 Å². The summed E-state index contributed by atoms with van der Waals surface area (Å²) in [5, 5.41) is 0. The minimum Gasteiger partial charge on any atom is -0.490 e. The lowest BCUT2D eigenvalue weighted by Crippen LogP contribution is -2.42. The fourth-order valence-corrected chi connectivity index (χ4v) is 3.43. The first-order valence-electron chi connectivity index (χ1n) is 11.6. The van der Waals surface area contributed by atoms with Gasteiger partial charge in [0.2, 0.25) is 0 Å². The first-order chi connectivity index (χ1) is 16.5. The molecule has 8 heteroatoms. The molecule has 34 heavy (non-hydrogen) atoms. The van der Waals surface area contributed by atoms with Crippen LogP contribution in [-0.4, -0.2) is 68.7 Å². The van der Waals surface area contributed by atoms with Crippen LogP contribution in [0.1, 0.15) is 53.0 Å². The molecule has 0 saturated carbocycles. The molecule has 1 saturated heterocycles. The monoisotopic (exact) mass is 469 g/mol. The molecule has 0 N–H and O–H groups in total. The lowest BCUT2D eigenvalue weighted by atomic mass is 9.98. The van der Waals surface area contributed by atoms with Gasteiger partial charge < -0.3 is 23.8 Å². The van der Waals surface area contributed by atoms with Crippen molar-refractivity contribution in [3.63, 3.8) is 0 Å². The Bertz CT molecular complexity index is 998. The van der Waals surface area contributed by atoms with E-state index < -0.39 is 5.97 Å². The molecule has 2 aromatic carbocycles. The zero-order valence-electron chi connectivity index (χ0n) is 19.7. The van der Waals surface area contributed by atoms with Crippen molar-refractivity contribution in [2.24, 2.45) is 0 Å². The molecule has 0 aromatic heterocycles. The normalized spacial score (nSPS) is 13.3. The number of morpholine rings is 1. The van der Waals surface area contributed by atoms with E-state index in [0.717, 1.165) is 12.8 Å². The van der Waals surface area contributed by atoms with Crippen molar-refractivity contribution in [3.05, 3.63) is 59.2 Å². The summed E-state index contributed by atoms with van der Waals surface area (Å²) in [5.74, 6) is -0.314. The zero-order chi connectivity index (χ0) is 24.3. The number of ketones is 1. The van der Waals surface area contributed by atoms with Crippen LogP contribution >= 0.6 is 0 Å². The highest BCUT2D eigenvalue weighted by Gasteiger charge is 2.23. The van der Waals surface area contributed by atoms with Gasteiger partial charge in [-0.1, -0.05) is 32.0 Å². The Kier molecular flexibility index (Phi) is 9.46. The van der Waals surface area contributed by atoms with Crippen LogP contribution in [0.5, 0.6) is 11.5 Å². The number of ether oxygens (including phenoxy) is 4. The Morgan fingerprint density at radius 2 is 1.53 bits per heavy atom. The Morgan fingerprint density at radius 3 is 2.21 bits per heavy atom. The Hall–Kier alpha value is -3.39. The van der Waals surface area contributed by atoms with Crippen molar-refractivity contribution in [2.75, 3.05) is 46.1 Å². The third-order valence-electron chi connectivity index (χ3n) is 5.21. The molecule has 1 aliphatic heterocycles. The first-order valence-corrected chi connectivity index (χ1v) is 11.6. The number of carbonyl (C=O) groups is 3. The van der Waals surface area contributed by atoms with E-state index in [1.165, 1.54) is 6.07 Å². The van der Waals surface area contributed by atoms with Crippen molar-refractivity contribution >= 4 is 17.7 Å². The number of carbonyl (C=O) groups excluding carboxylic acids is 3. The van der Waals surface area contributed by atoms with Gasteiger partial charge in [0.05, 0.1) is 32.0 Å². The maximum atomic E-state index is 13.3. The van der Waals surface area contributed by atoms with Gasteiger partial charge in [-0.3, -0.25) is 9.59 Å². The molecule has 0 radical (unpaired) electrons. The fourth-order valence-electron chi connectivity index (χ4n) is 3.43. The summed E-state index contributed by atoms with van der Waals surface area (Å²) < 4.78 is 22.0. The largest absolute Gasteiger partial charge is 0.490 e. The third kappa shape index (κ3) is 6.57. The van der Waals surface area contributed by atoms with Crippen molar-refractivity contribution in [2.45, 2.75) is 26.7 Å². The summed E-state index contributed by atoms with van der Waals surface area (Å²) in [5.41, 5.74) is 0.652. The summed E-state index contributed by atoms with van der Waals surface area (Å²) in [7, 11) is 0. The molecule has 0 spiro atoms. The molecule has 1 amide bonds. The molecule has 0 atom stereocenters. The molecule has 0 bridgehead atoms. The van der Waals surface area contributed by atoms with Crippen LogP contribution in [-0.2, 0) is 14.3 Å². The molecule has 1 fully saturated rings. The number of esters is 1. The quantitative estimate of drug-likeness (QED) is 0.367. The molecule has 182 valence electrons. The van der Waals surface area contributed by atoms with Gasteiger partial charge in [-0.05, 0) is 37.1 Å². The second kappa shape index (κ2) is 12.7. The molecule has 8 nitrogen and oxygen atoms in total. The Morgan fingerprint density at radius 1 is 0.882 bits per heavy atom. The average Bonchev–Trinajstić information content (AvgIpc) is 2.89. The van der Waals surface area contributed by atoms with Gasteiger partial charge in [-0.15, -0.1) is 0 Å². The molecular formula is C26H31NO7. The van der Waals surface area contributed by atoms with Crippen molar-refractivity contribution in [1.29, 1.82) is 0 Å². The molecule has 0 aliphatic carbocycles. The molecular weight excluding hydrogens is 438 g/mol. The maximum Gasteiger partial charge on any atom is 0.339 e. The second-order valence-electron chi connectivity index (χ2n) is 7.80. The summed E-state index contributed by atoms with van der Waals surface area (Å²) in [6, 6.07) is 11.4. The standard InChI is InChI=1S/C26H31NO7/c1-3-13-32-22-10-9-19(17-23(22)33-14-4-2)25(29)20-7-5-6-8-21(20)26(30)34-18-24(28)27-11-15-31-16-12-27/h5-10,17H,3-4,11-16,18H2,1-2H3. The van der Waals surface area contributed by atoms with Gasteiger partial charge in [-0.25, -0.2) is 4.79 Å². The Balaban J connectivity index is 1.76. The average molecular weight is 470 g/mol. The van der Waals surface area contributed by atoms with Crippen molar-refractivity contribution in [1.82, 2.24) is 4.90 Å². The second-order valence-corrected chi connectivity index (χ2v) is 7.80.